The van der Waals surface area contributed by atoms with E-state index in [-0.39, 0.29) is 17.7 Å². The van der Waals surface area contributed by atoms with Gasteiger partial charge in [-0.1, -0.05) is 35.9 Å². The third-order valence-electron chi connectivity index (χ3n) is 5.91. The maximum Gasteiger partial charge on any atom is 0.255 e. The van der Waals surface area contributed by atoms with Crippen molar-refractivity contribution in [3.05, 3.63) is 83.0 Å². The zero-order valence-electron chi connectivity index (χ0n) is 19.0. The number of ether oxygens (including phenoxy) is 1. The highest BCUT2D eigenvalue weighted by Gasteiger charge is 2.26. The Balaban J connectivity index is 1.32. The van der Waals surface area contributed by atoms with Crippen LogP contribution in [0.15, 0.2) is 66.9 Å². The standard InChI is InChI=1S/C26H27ClN4O3/c1-34-23-8-3-2-7-22(23)30-26(33)20-9-12-28-24(16-20)31-13-10-19(11-14-31)25(32)29-17-18-5-4-6-21(27)15-18/h2-9,12,15-16,19H,10-11,13-14,17H2,1H3,(H,29,32)(H,30,33). The Bertz CT molecular complexity index is 1160. The fraction of sp³-hybridized carbons (Fsp3) is 0.269. The molecule has 176 valence electrons. The summed E-state index contributed by atoms with van der Waals surface area (Å²) in [5.41, 5.74) is 2.10. The molecule has 0 saturated carbocycles. The van der Waals surface area contributed by atoms with E-state index in [2.05, 4.69) is 20.5 Å². The molecule has 0 aliphatic carbocycles. The highest BCUT2D eigenvalue weighted by Crippen LogP contribution is 2.25. The van der Waals surface area contributed by atoms with Gasteiger partial charge in [-0.2, -0.15) is 0 Å². The number of rotatable bonds is 7. The molecule has 0 unspecified atom stereocenters. The third-order valence-corrected chi connectivity index (χ3v) is 6.14. The predicted octanol–water partition coefficient (Wildman–Crippen LogP) is 4.53. The summed E-state index contributed by atoms with van der Waals surface area (Å²) in [7, 11) is 1.57. The molecule has 0 bridgehead atoms. The number of anilines is 2. The van der Waals surface area contributed by atoms with Gasteiger partial charge in [0.15, 0.2) is 0 Å². The van der Waals surface area contributed by atoms with Crippen LogP contribution in [0.2, 0.25) is 5.02 Å². The van der Waals surface area contributed by atoms with Gasteiger partial charge in [-0.25, -0.2) is 4.98 Å². The van der Waals surface area contributed by atoms with E-state index in [4.69, 9.17) is 16.3 Å². The summed E-state index contributed by atoms with van der Waals surface area (Å²) in [6.45, 7) is 1.85. The molecule has 0 spiro atoms. The second-order valence-corrected chi connectivity index (χ2v) is 8.60. The van der Waals surface area contributed by atoms with Gasteiger partial charge in [0.25, 0.3) is 5.91 Å². The highest BCUT2D eigenvalue weighted by atomic mass is 35.5. The van der Waals surface area contributed by atoms with Gasteiger partial charge in [0.05, 0.1) is 12.8 Å². The molecule has 0 atom stereocenters. The Kier molecular flexibility index (Phi) is 7.65. The number of carbonyl (C=O) groups is 2. The minimum Gasteiger partial charge on any atom is -0.495 e. The van der Waals surface area contributed by atoms with Crippen molar-refractivity contribution in [2.75, 3.05) is 30.4 Å². The smallest absolute Gasteiger partial charge is 0.255 e. The predicted molar refractivity (Wildman–Crippen MR) is 133 cm³/mol. The van der Waals surface area contributed by atoms with Crippen molar-refractivity contribution in [2.45, 2.75) is 19.4 Å². The number of benzene rings is 2. The molecule has 2 N–H and O–H groups in total. The van der Waals surface area contributed by atoms with Crippen LogP contribution in [0.4, 0.5) is 11.5 Å². The molecule has 3 aromatic rings. The lowest BCUT2D eigenvalue weighted by molar-refractivity contribution is -0.125. The van der Waals surface area contributed by atoms with Gasteiger partial charge in [0.1, 0.15) is 11.6 Å². The first-order chi connectivity index (χ1) is 16.5. The molecular weight excluding hydrogens is 452 g/mol. The topological polar surface area (TPSA) is 83.6 Å². The van der Waals surface area contributed by atoms with E-state index < -0.39 is 0 Å². The molecule has 1 aliphatic heterocycles. The summed E-state index contributed by atoms with van der Waals surface area (Å²) in [5.74, 6) is 1.10. The Morgan fingerprint density at radius 2 is 1.88 bits per heavy atom. The molecule has 0 radical (unpaired) electrons. The van der Waals surface area contributed by atoms with E-state index in [1.165, 1.54) is 0 Å². The zero-order chi connectivity index (χ0) is 23.9. The van der Waals surface area contributed by atoms with Gasteiger partial charge in [-0.3, -0.25) is 9.59 Å². The van der Waals surface area contributed by atoms with Gasteiger partial charge in [-0.15, -0.1) is 0 Å². The van der Waals surface area contributed by atoms with E-state index in [0.29, 0.717) is 41.7 Å². The van der Waals surface area contributed by atoms with Crippen molar-refractivity contribution >= 4 is 34.9 Å². The average molecular weight is 479 g/mol. The van der Waals surface area contributed by atoms with E-state index in [9.17, 15) is 9.59 Å². The monoisotopic (exact) mass is 478 g/mol. The van der Waals surface area contributed by atoms with Crippen LogP contribution in [0.5, 0.6) is 5.75 Å². The van der Waals surface area contributed by atoms with Crippen LogP contribution in [-0.2, 0) is 11.3 Å². The fourth-order valence-corrected chi connectivity index (χ4v) is 4.24. The normalized spacial score (nSPS) is 13.9. The van der Waals surface area contributed by atoms with Crippen LogP contribution in [-0.4, -0.2) is 37.0 Å². The Hall–Kier alpha value is -3.58. The minimum atomic E-state index is -0.233. The number of piperidine rings is 1. The van der Waals surface area contributed by atoms with E-state index >= 15 is 0 Å². The van der Waals surface area contributed by atoms with E-state index in [1.807, 2.05) is 36.4 Å². The van der Waals surface area contributed by atoms with E-state index in [1.54, 1.807) is 37.6 Å². The second kappa shape index (κ2) is 11.0. The van der Waals surface area contributed by atoms with Crippen LogP contribution in [0.3, 0.4) is 0 Å². The summed E-state index contributed by atoms with van der Waals surface area (Å²) in [6.07, 6.45) is 3.08. The number of nitrogens with one attached hydrogen (secondary N) is 2. The summed E-state index contributed by atoms with van der Waals surface area (Å²) in [4.78, 5) is 32.0. The molecule has 8 heteroatoms. The summed E-state index contributed by atoms with van der Waals surface area (Å²) in [5, 5.41) is 6.56. The molecule has 1 fully saturated rings. The van der Waals surface area contributed by atoms with Crippen molar-refractivity contribution in [2.24, 2.45) is 5.92 Å². The molecule has 1 aliphatic rings. The number of halogens is 1. The van der Waals surface area contributed by atoms with Crippen molar-refractivity contribution in [1.29, 1.82) is 0 Å². The largest absolute Gasteiger partial charge is 0.495 e. The van der Waals surface area contributed by atoms with Gasteiger partial charge in [0, 0.05) is 42.3 Å². The summed E-state index contributed by atoms with van der Waals surface area (Å²) < 4.78 is 5.30. The molecule has 4 rings (SSSR count). The molecule has 1 saturated heterocycles. The number of pyridine rings is 1. The Morgan fingerprint density at radius 3 is 2.65 bits per heavy atom. The molecule has 2 amide bonds. The van der Waals surface area contributed by atoms with Crippen LogP contribution in [0.25, 0.3) is 0 Å². The molecule has 2 heterocycles. The molecule has 2 aromatic carbocycles. The van der Waals surface area contributed by atoms with Gasteiger partial charge < -0.3 is 20.3 Å². The van der Waals surface area contributed by atoms with Crippen molar-refractivity contribution < 1.29 is 14.3 Å². The van der Waals surface area contributed by atoms with Crippen LogP contribution >= 0.6 is 11.6 Å². The van der Waals surface area contributed by atoms with Crippen LogP contribution in [0, 0.1) is 5.92 Å². The maximum absolute atomic E-state index is 12.8. The van der Waals surface area contributed by atoms with Crippen LogP contribution < -0.4 is 20.3 Å². The fourth-order valence-electron chi connectivity index (χ4n) is 4.03. The van der Waals surface area contributed by atoms with Crippen molar-refractivity contribution in [1.82, 2.24) is 10.3 Å². The number of aromatic nitrogens is 1. The Labute approximate surface area is 204 Å². The number of hydrogen-bond donors (Lipinski definition) is 2. The first-order valence-corrected chi connectivity index (χ1v) is 11.6. The van der Waals surface area contributed by atoms with Crippen molar-refractivity contribution in [3.8, 4) is 5.75 Å². The second-order valence-electron chi connectivity index (χ2n) is 8.17. The average Bonchev–Trinajstić information content (AvgIpc) is 2.88. The van der Waals surface area contributed by atoms with E-state index in [0.717, 1.165) is 24.2 Å². The van der Waals surface area contributed by atoms with Gasteiger partial charge in [-0.05, 0) is 54.8 Å². The van der Waals surface area contributed by atoms with Gasteiger partial charge in [0.2, 0.25) is 5.91 Å². The lowest BCUT2D eigenvalue weighted by Gasteiger charge is -2.32. The number of carbonyl (C=O) groups excluding carboxylic acids is 2. The summed E-state index contributed by atoms with van der Waals surface area (Å²) >= 11 is 6.01. The first kappa shape index (κ1) is 23.6. The lowest BCUT2D eigenvalue weighted by atomic mass is 9.95. The third kappa shape index (κ3) is 5.85. The quantitative estimate of drug-likeness (QED) is 0.521. The molecular formula is C26H27ClN4O3. The molecule has 34 heavy (non-hydrogen) atoms. The maximum atomic E-state index is 12.8. The molecule has 7 nitrogen and oxygen atoms in total. The number of amides is 2. The lowest BCUT2D eigenvalue weighted by Crippen LogP contribution is -2.40. The summed E-state index contributed by atoms with van der Waals surface area (Å²) in [6, 6.07) is 18.2. The zero-order valence-corrected chi connectivity index (χ0v) is 19.7. The Morgan fingerprint density at radius 1 is 1.09 bits per heavy atom. The molecule has 1 aromatic heterocycles. The SMILES string of the molecule is COc1ccccc1NC(=O)c1ccnc(N2CCC(C(=O)NCc3cccc(Cl)c3)CC2)c1. The first-order valence-electron chi connectivity index (χ1n) is 11.2. The number of para-hydroxylation sites is 2. The number of methoxy groups -OCH3 is 1. The highest BCUT2D eigenvalue weighted by molar-refractivity contribution is 6.30. The van der Waals surface area contributed by atoms with Gasteiger partial charge >= 0.3 is 0 Å². The number of hydrogen-bond acceptors (Lipinski definition) is 5. The number of nitrogens with zero attached hydrogens (tertiary/aromatic N) is 2. The minimum absolute atomic E-state index is 0.0486. The van der Waals surface area contributed by atoms with Crippen LogP contribution in [0.1, 0.15) is 28.8 Å². The van der Waals surface area contributed by atoms with Crippen molar-refractivity contribution in [3.63, 3.8) is 0 Å².